The molecule has 1 fully saturated rings. The molecule has 0 saturated carbocycles. The maximum Gasteiger partial charge on any atom is 0.229 e. The van der Waals surface area contributed by atoms with Gasteiger partial charge in [-0.05, 0) is 49.4 Å². The van der Waals surface area contributed by atoms with E-state index in [-0.39, 0.29) is 6.15 Å². The van der Waals surface area contributed by atoms with Crippen molar-refractivity contribution in [3.63, 3.8) is 0 Å². The third-order valence-corrected chi connectivity index (χ3v) is 6.01. The maximum absolute atomic E-state index is 12.0. The van der Waals surface area contributed by atoms with E-state index in [2.05, 4.69) is 50.8 Å². The number of carbonyl (C=O) groups is 1. The molecule has 34 heavy (non-hydrogen) atoms. The first kappa shape index (κ1) is 24.9. The van der Waals surface area contributed by atoms with Crippen LogP contribution < -0.4 is 21.3 Å². The van der Waals surface area contributed by atoms with Gasteiger partial charge in [0, 0.05) is 49.3 Å². The van der Waals surface area contributed by atoms with E-state index in [4.69, 9.17) is 0 Å². The van der Waals surface area contributed by atoms with Gasteiger partial charge in [-0.2, -0.15) is 4.98 Å². The van der Waals surface area contributed by atoms with Crippen LogP contribution in [0.4, 0.5) is 23.1 Å². The Balaban J connectivity index is 0.00000324. The van der Waals surface area contributed by atoms with Crippen LogP contribution in [0.5, 0.6) is 0 Å². The SMILES string of the molecule is C=Cc1cnc(Nc2ccc(N3CCN(C)CC3)cc2)nc1N(C=O)Cc1ccccc1C.N. The number of amides is 1. The fourth-order valence-electron chi connectivity index (χ4n) is 3.90. The first-order valence-electron chi connectivity index (χ1n) is 11.1. The molecule has 1 aliphatic heterocycles. The summed E-state index contributed by atoms with van der Waals surface area (Å²) in [7, 11) is 2.16. The zero-order chi connectivity index (χ0) is 23.2. The zero-order valence-electron chi connectivity index (χ0n) is 19.9. The average Bonchev–Trinajstić information content (AvgIpc) is 2.84. The number of nitrogens with zero attached hydrogens (tertiary/aromatic N) is 5. The van der Waals surface area contributed by atoms with E-state index >= 15 is 0 Å². The molecular formula is C26H33N7O. The number of hydrogen-bond acceptors (Lipinski definition) is 7. The van der Waals surface area contributed by atoms with Gasteiger partial charge in [0.25, 0.3) is 0 Å². The second kappa shape index (κ2) is 11.4. The normalized spacial score (nSPS) is 13.6. The van der Waals surface area contributed by atoms with Gasteiger partial charge in [0.15, 0.2) is 0 Å². The van der Waals surface area contributed by atoms with Gasteiger partial charge in [-0.1, -0.05) is 36.9 Å². The molecule has 178 valence electrons. The molecule has 8 heteroatoms. The lowest BCUT2D eigenvalue weighted by Gasteiger charge is -2.34. The highest BCUT2D eigenvalue weighted by Gasteiger charge is 2.16. The molecule has 4 rings (SSSR count). The van der Waals surface area contributed by atoms with Crippen LogP contribution in [0.2, 0.25) is 0 Å². The van der Waals surface area contributed by atoms with E-state index in [0.717, 1.165) is 49.4 Å². The summed E-state index contributed by atoms with van der Waals surface area (Å²) in [6.45, 7) is 10.5. The van der Waals surface area contributed by atoms with E-state index in [1.807, 2.05) is 43.3 Å². The number of benzene rings is 2. The number of nitrogens with one attached hydrogen (secondary N) is 1. The lowest BCUT2D eigenvalue weighted by molar-refractivity contribution is -0.107. The van der Waals surface area contributed by atoms with Crippen molar-refractivity contribution in [2.45, 2.75) is 13.5 Å². The minimum absolute atomic E-state index is 0. The third kappa shape index (κ3) is 5.78. The van der Waals surface area contributed by atoms with Gasteiger partial charge >= 0.3 is 0 Å². The standard InChI is InChI=1S/C26H30N6O.H3N/c1-4-21-17-27-26(29-25(21)32(19-33)18-22-8-6-5-7-20(22)2)28-23-9-11-24(12-10-23)31-15-13-30(3)14-16-31;/h4-12,17,19H,1,13-16,18H2,2-3H3,(H,27,28,29);1H3. The largest absolute Gasteiger partial charge is 0.369 e. The molecule has 8 nitrogen and oxygen atoms in total. The Morgan fingerprint density at radius 3 is 2.44 bits per heavy atom. The summed E-state index contributed by atoms with van der Waals surface area (Å²) in [5.41, 5.74) is 4.99. The second-order valence-electron chi connectivity index (χ2n) is 8.30. The Bertz CT molecular complexity index is 1110. The number of carbonyl (C=O) groups excluding carboxylic acids is 1. The number of aromatic nitrogens is 2. The summed E-state index contributed by atoms with van der Waals surface area (Å²) in [4.78, 5) is 27.4. The molecule has 4 N–H and O–H groups in total. The lowest BCUT2D eigenvalue weighted by Crippen LogP contribution is -2.44. The molecule has 1 saturated heterocycles. The molecule has 0 spiro atoms. The van der Waals surface area contributed by atoms with Gasteiger partial charge in [-0.25, -0.2) is 4.98 Å². The molecule has 0 atom stereocenters. The molecule has 1 amide bonds. The predicted octanol–water partition coefficient (Wildman–Crippen LogP) is 4.25. The van der Waals surface area contributed by atoms with Crippen LogP contribution in [-0.2, 0) is 11.3 Å². The smallest absolute Gasteiger partial charge is 0.229 e. The Kier molecular flexibility index (Phi) is 8.34. The van der Waals surface area contributed by atoms with Crippen LogP contribution in [0, 0.1) is 6.92 Å². The third-order valence-electron chi connectivity index (χ3n) is 6.01. The molecule has 0 aliphatic carbocycles. The van der Waals surface area contributed by atoms with Crippen LogP contribution in [0.1, 0.15) is 16.7 Å². The van der Waals surface area contributed by atoms with Gasteiger partial charge in [0.1, 0.15) is 5.82 Å². The Hall–Kier alpha value is -3.75. The molecular weight excluding hydrogens is 426 g/mol. The van der Waals surface area contributed by atoms with Crippen molar-refractivity contribution in [1.29, 1.82) is 0 Å². The maximum atomic E-state index is 12.0. The fraction of sp³-hybridized carbons (Fsp3) is 0.269. The quantitative estimate of drug-likeness (QED) is 0.486. The fourth-order valence-corrected chi connectivity index (χ4v) is 3.90. The number of hydrogen-bond donors (Lipinski definition) is 2. The minimum atomic E-state index is 0. The van der Waals surface area contributed by atoms with Crippen LogP contribution in [0.15, 0.2) is 61.3 Å². The summed E-state index contributed by atoms with van der Waals surface area (Å²) in [5, 5.41) is 3.26. The average molecular weight is 460 g/mol. The van der Waals surface area contributed by atoms with Gasteiger partial charge in [-0.15, -0.1) is 0 Å². The van der Waals surface area contributed by atoms with Gasteiger partial charge in [0.2, 0.25) is 12.4 Å². The monoisotopic (exact) mass is 459 g/mol. The number of piperazine rings is 1. The van der Waals surface area contributed by atoms with Crippen LogP contribution in [-0.4, -0.2) is 54.5 Å². The second-order valence-corrected chi connectivity index (χ2v) is 8.30. The Morgan fingerprint density at radius 1 is 1.09 bits per heavy atom. The Labute approximate surface area is 201 Å². The highest BCUT2D eigenvalue weighted by Crippen LogP contribution is 2.25. The Morgan fingerprint density at radius 2 is 1.79 bits per heavy atom. The zero-order valence-corrected chi connectivity index (χ0v) is 19.9. The minimum Gasteiger partial charge on any atom is -0.369 e. The number of anilines is 4. The summed E-state index contributed by atoms with van der Waals surface area (Å²) >= 11 is 0. The van der Waals surface area contributed by atoms with E-state index in [9.17, 15) is 4.79 Å². The van der Waals surface area contributed by atoms with Crippen LogP contribution in [0.25, 0.3) is 6.08 Å². The van der Waals surface area contributed by atoms with E-state index in [1.54, 1.807) is 17.2 Å². The number of aryl methyl sites for hydroxylation is 1. The van der Waals surface area contributed by atoms with Crippen molar-refractivity contribution < 1.29 is 4.79 Å². The molecule has 1 aromatic heterocycles. The first-order chi connectivity index (χ1) is 16.1. The molecule has 0 unspecified atom stereocenters. The molecule has 2 heterocycles. The van der Waals surface area contributed by atoms with Crippen molar-refractivity contribution in [1.82, 2.24) is 21.0 Å². The van der Waals surface area contributed by atoms with Crippen molar-refractivity contribution in [2.75, 3.05) is 48.3 Å². The topological polar surface area (TPSA) is 99.6 Å². The van der Waals surface area contributed by atoms with Crippen molar-refractivity contribution in [3.8, 4) is 0 Å². The predicted molar refractivity (Wildman–Crippen MR) is 140 cm³/mol. The van der Waals surface area contributed by atoms with Gasteiger partial charge in [0.05, 0.1) is 6.54 Å². The summed E-state index contributed by atoms with van der Waals surface area (Å²) in [6, 6.07) is 16.3. The van der Waals surface area contributed by atoms with E-state index in [1.165, 1.54) is 5.69 Å². The van der Waals surface area contributed by atoms with Gasteiger partial charge in [-0.3, -0.25) is 9.69 Å². The van der Waals surface area contributed by atoms with Crippen molar-refractivity contribution in [2.24, 2.45) is 0 Å². The summed E-state index contributed by atoms with van der Waals surface area (Å²) in [5.74, 6) is 0.953. The van der Waals surface area contributed by atoms with Crippen LogP contribution >= 0.6 is 0 Å². The molecule has 1 aliphatic rings. The number of likely N-dealkylation sites (N-methyl/N-ethyl adjacent to an activating group) is 1. The molecule has 2 aromatic carbocycles. The van der Waals surface area contributed by atoms with Gasteiger partial charge < -0.3 is 21.3 Å². The highest BCUT2D eigenvalue weighted by atomic mass is 16.1. The van der Waals surface area contributed by atoms with E-state index in [0.29, 0.717) is 23.9 Å². The van der Waals surface area contributed by atoms with Crippen LogP contribution in [0.3, 0.4) is 0 Å². The van der Waals surface area contributed by atoms with Crippen molar-refractivity contribution in [3.05, 3.63) is 78.0 Å². The molecule has 0 bridgehead atoms. The van der Waals surface area contributed by atoms with Crippen molar-refractivity contribution >= 4 is 35.6 Å². The molecule has 3 aromatic rings. The first-order valence-corrected chi connectivity index (χ1v) is 11.1. The van der Waals surface area contributed by atoms with E-state index < -0.39 is 0 Å². The molecule has 0 radical (unpaired) electrons. The highest BCUT2D eigenvalue weighted by molar-refractivity contribution is 5.79. The number of rotatable bonds is 8. The summed E-state index contributed by atoms with van der Waals surface area (Å²) in [6.07, 6.45) is 4.15. The summed E-state index contributed by atoms with van der Waals surface area (Å²) < 4.78 is 0. The lowest BCUT2D eigenvalue weighted by atomic mass is 10.1.